The van der Waals surface area contributed by atoms with E-state index in [-0.39, 0.29) is 10.5 Å². The quantitative estimate of drug-likeness (QED) is 0.0433. The van der Waals surface area contributed by atoms with Crippen LogP contribution >= 0.6 is 0 Å². The molecule has 0 aliphatic carbocycles. The lowest BCUT2D eigenvalue weighted by atomic mass is 10.0. The summed E-state index contributed by atoms with van der Waals surface area (Å²) < 4.78 is 0.126. The maximum atomic E-state index is 12.8. The van der Waals surface area contributed by atoms with Gasteiger partial charge < -0.3 is 5.11 Å². The Hall–Kier alpha value is -1.10. The van der Waals surface area contributed by atoms with Crippen LogP contribution in [0.15, 0.2) is 0 Å². The number of hydrogen-bond acceptors (Lipinski definition) is 2. The van der Waals surface area contributed by atoms with Crippen molar-refractivity contribution in [3.05, 3.63) is 0 Å². The van der Waals surface area contributed by atoms with Gasteiger partial charge >= 0.3 is 5.97 Å². The van der Waals surface area contributed by atoms with Crippen LogP contribution in [0.25, 0.3) is 0 Å². The Morgan fingerprint density at radius 1 is 0.512 bits per heavy atom. The van der Waals surface area contributed by atoms with Crippen LogP contribution < -0.4 is 5.43 Å². The first kappa shape index (κ1) is 41.9. The number of carbonyl (C=O) groups is 2. The summed E-state index contributed by atoms with van der Waals surface area (Å²) in [5, 5.41) is 10.1. The molecule has 0 fully saturated rings. The number of rotatable bonds is 34. The first-order valence-electron chi connectivity index (χ1n) is 19.3. The van der Waals surface area contributed by atoms with E-state index < -0.39 is 12.0 Å². The van der Waals surface area contributed by atoms with Crippen molar-refractivity contribution in [1.29, 1.82) is 0 Å². The van der Waals surface area contributed by atoms with Crippen molar-refractivity contribution < 1.29 is 19.3 Å². The first-order valence-corrected chi connectivity index (χ1v) is 19.3. The third kappa shape index (κ3) is 25.9. The Morgan fingerprint density at radius 3 is 1.16 bits per heavy atom. The summed E-state index contributed by atoms with van der Waals surface area (Å²) >= 11 is 0. The molecule has 0 aromatic heterocycles. The second-order valence-electron chi connectivity index (χ2n) is 13.8. The lowest BCUT2D eigenvalue weighted by Crippen LogP contribution is -2.65. The highest BCUT2D eigenvalue weighted by atomic mass is 16.4. The number of carboxylic acids is 1. The molecule has 2 atom stereocenters. The van der Waals surface area contributed by atoms with E-state index in [1.807, 2.05) is 7.05 Å². The molecule has 0 aliphatic heterocycles. The Kier molecular flexibility index (Phi) is 30.1. The van der Waals surface area contributed by atoms with E-state index in [9.17, 15) is 14.7 Å². The normalized spacial score (nSPS) is 13.6. The fraction of sp³-hybridized carbons (Fsp3) is 0.947. The molecule has 0 aromatic carbocycles. The van der Waals surface area contributed by atoms with E-state index in [1.165, 1.54) is 148 Å². The molecule has 0 radical (unpaired) electrons. The van der Waals surface area contributed by atoms with E-state index in [0.717, 1.165) is 32.1 Å². The predicted molar refractivity (Wildman–Crippen MR) is 186 cm³/mol. The molecule has 2 N–H and O–H groups in total. The topological polar surface area (TPSA) is 66.4 Å². The Labute approximate surface area is 269 Å². The molecular formula is C38H77N2O3+. The number of quaternary nitrogens is 1. The Bertz CT molecular complexity index is 626. The van der Waals surface area contributed by atoms with Crippen LogP contribution in [0.1, 0.15) is 213 Å². The third-order valence-electron chi connectivity index (χ3n) is 9.38. The molecule has 0 aromatic rings. The van der Waals surface area contributed by atoms with E-state index >= 15 is 0 Å². The monoisotopic (exact) mass is 610 g/mol. The van der Waals surface area contributed by atoms with Gasteiger partial charge in [0.2, 0.25) is 6.04 Å². The van der Waals surface area contributed by atoms with Crippen molar-refractivity contribution in [3.8, 4) is 0 Å². The minimum Gasteiger partial charge on any atom is -0.477 e. The van der Waals surface area contributed by atoms with Gasteiger partial charge in [-0.15, -0.1) is 0 Å². The van der Waals surface area contributed by atoms with Gasteiger partial charge in [0.1, 0.15) is 6.54 Å². The molecule has 256 valence electrons. The molecule has 2 unspecified atom stereocenters. The molecule has 0 bridgehead atoms. The van der Waals surface area contributed by atoms with Gasteiger partial charge in [0.05, 0.1) is 7.05 Å². The van der Waals surface area contributed by atoms with Crippen molar-refractivity contribution >= 4 is 11.9 Å². The first-order chi connectivity index (χ1) is 20.9. The number of aliphatic carboxylic acids is 1. The summed E-state index contributed by atoms with van der Waals surface area (Å²) in [5.41, 5.74) is 3.14. The second kappa shape index (κ2) is 30.9. The summed E-state index contributed by atoms with van der Waals surface area (Å²) in [6, 6.07) is -0.576. The maximum Gasteiger partial charge on any atom is 0.364 e. The molecule has 5 nitrogen and oxygen atoms in total. The highest BCUT2D eigenvalue weighted by Gasteiger charge is 2.39. The zero-order chi connectivity index (χ0) is 31.9. The van der Waals surface area contributed by atoms with Gasteiger partial charge in [-0.05, 0) is 19.3 Å². The lowest BCUT2D eigenvalue weighted by molar-refractivity contribution is -0.959. The van der Waals surface area contributed by atoms with Crippen molar-refractivity contribution in [2.24, 2.45) is 0 Å². The van der Waals surface area contributed by atoms with Crippen LogP contribution in [-0.2, 0) is 9.59 Å². The smallest absolute Gasteiger partial charge is 0.364 e. The van der Waals surface area contributed by atoms with Crippen LogP contribution in [0.2, 0.25) is 0 Å². The van der Waals surface area contributed by atoms with Crippen molar-refractivity contribution in [1.82, 2.24) is 5.43 Å². The van der Waals surface area contributed by atoms with Gasteiger partial charge in [0, 0.05) is 12.8 Å². The molecule has 0 saturated carbocycles. The number of carboxylic acid groups (broad SMARTS) is 1. The standard InChI is InChI=1S/C38H76N2O3/c1-5-8-10-12-14-16-18-20-21-22-24-26-28-30-32-34-37(41)39-40(4,35-7-3)36(38(42)43)33-31-29-27-25-23-19-17-15-13-11-9-6-2/h36H,5-35H2,1-4H3,(H-,39,41,42,43)/p+1. The number of carbonyl (C=O) groups excluding carboxylic acids is 1. The van der Waals surface area contributed by atoms with Crippen molar-refractivity contribution in [3.63, 3.8) is 0 Å². The highest BCUT2D eigenvalue weighted by molar-refractivity contribution is 5.76. The molecule has 43 heavy (non-hydrogen) atoms. The molecule has 0 spiro atoms. The Morgan fingerprint density at radius 2 is 0.837 bits per heavy atom. The molecule has 0 aliphatic rings. The van der Waals surface area contributed by atoms with Gasteiger partial charge in [0.15, 0.2) is 0 Å². The van der Waals surface area contributed by atoms with Gasteiger partial charge in [-0.25, -0.2) is 14.8 Å². The van der Waals surface area contributed by atoms with Crippen LogP contribution in [0.3, 0.4) is 0 Å². The zero-order valence-corrected chi connectivity index (χ0v) is 29.7. The van der Waals surface area contributed by atoms with Crippen LogP contribution in [0.4, 0.5) is 0 Å². The number of likely N-dealkylation sites (N-methyl/N-ethyl adjacent to an activating group) is 1. The number of nitrogens with zero attached hydrogens (tertiary/aromatic N) is 1. The summed E-state index contributed by atoms with van der Waals surface area (Å²) in [4.78, 5) is 25.1. The van der Waals surface area contributed by atoms with E-state index in [0.29, 0.717) is 19.4 Å². The SMILES string of the molecule is CCCCCCCCCCCCCCCCCC(=O)N[N+](C)(CCC)C(CCCCCCCCCCCCCC)C(=O)O. The maximum absolute atomic E-state index is 12.8. The molecule has 1 amide bonds. The molecule has 5 heteroatoms. The van der Waals surface area contributed by atoms with Gasteiger partial charge in [0.25, 0.3) is 5.91 Å². The minimum absolute atomic E-state index is 0.00610. The Balaban J connectivity index is 4.05. The van der Waals surface area contributed by atoms with Crippen molar-refractivity contribution in [2.45, 2.75) is 219 Å². The van der Waals surface area contributed by atoms with Gasteiger partial charge in [-0.1, -0.05) is 181 Å². The van der Waals surface area contributed by atoms with Crippen LogP contribution in [0, 0.1) is 0 Å². The van der Waals surface area contributed by atoms with E-state index in [1.54, 1.807) is 0 Å². The number of unbranched alkanes of at least 4 members (excludes halogenated alkanes) is 25. The summed E-state index contributed by atoms with van der Waals surface area (Å²) in [6.45, 7) is 7.26. The lowest BCUT2D eigenvalue weighted by Gasteiger charge is -2.38. The minimum atomic E-state index is -0.786. The van der Waals surface area contributed by atoms with Crippen molar-refractivity contribution in [2.75, 3.05) is 13.6 Å². The molecule has 0 heterocycles. The number of nitrogens with one attached hydrogen (secondary N) is 1. The fourth-order valence-corrected chi connectivity index (χ4v) is 6.58. The fourth-order valence-electron chi connectivity index (χ4n) is 6.58. The summed E-state index contributed by atoms with van der Waals surface area (Å²) in [7, 11) is 1.91. The molecule has 0 saturated heterocycles. The molecular weight excluding hydrogens is 532 g/mol. The third-order valence-corrected chi connectivity index (χ3v) is 9.38. The number of hydrogen-bond donors (Lipinski definition) is 2. The summed E-state index contributed by atoms with van der Waals surface area (Å²) in [5.74, 6) is -0.780. The zero-order valence-electron chi connectivity index (χ0n) is 29.7. The highest BCUT2D eigenvalue weighted by Crippen LogP contribution is 2.19. The summed E-state index contributed by atoms with van der Waals surface area (Å²) in [6.07, 6.45) is 36.9. The average Bonchev–Trinajstić information content (AvgIpc) is 2.97. The van der Waals surface area contributed by atoms with Crippen LogP contribution in [0.5, 0.6) is 0 Å². The second-order valence-corrected chi connectivity index (χ2v) is 13.8. The molecule has 0 rings (SSSR count). The predicted octanol–water partition coefficient (Wildman–Crippen LogP) is 11.7. The average molecular weight is 610 g/mol. The van der Waals surface area contributed by atoms with E-state index in [2.05, 4.69) is 26.2 Å². The van der Waals surface area contributed by atoms with Gasteiger partial charge in [-0.2, -0.15) is 0 Å². The van der Waals surface area contributed by atoms with E-state index in [4.69, 9.17) is 0 Å². The van der Waals surface area contributed by atoms with Crippen LogP contribution in [-0.4, -0.2) is 41.2 Å². The number of amides is 1. The van der Waals surface area contributed by atoms with Gasteiger partial charge in [-0.3, -0.25) is 4.79 Å². The largest absolute Gasteiger partial charge is 0.477 e.